The largest absolute Gasteiger partial charge is 0.484 e. The molecule has 2 aromatic heterocycles. The van der Waals surface area contributed by atoms with Crippen LogP contribution in [0.5, 0.6) is 5.75 Å². The molecule has 1 fully saturated rings. The van der Waals surface area contributed by atoms with E-state index in [1.54, 1.807) is 29.3 Å². The summed E-state index contributed by atoms with van der Waals surface area (Å²) in [5.41, 5.74) is 6.72. The first-order valence-corrected chi connectivity index (χ1v) is 13.5. The first kappa shape index (κ1) is 28.9. The Kier molecular flexibility index (Phi) is 8.91. The molecule has 2 aromatic carbocycles. The third-order valence-corrected chi connectivity index (χ3v) is 6.78. The summed E-state index contributed by atoms with van der Waals surface area (Å²) in [6.45, 7) is 5.95. The van der Waals surface area contributed by atoms with E-state index < -0.39 is 6.03 Å². The van der Waals surface area contributed by atoms with Gasteiger partial charge in [-0.25, -0.2) is 9.80 Å². The molecule has 42 heavy (non-hydrogen) atoms. The predicted octanol–water partition coefficient (Wildman–Crippen LogP) is 3.75. The molecule has 0 unspecified atom stereocenters. The van der Waals surface area contributed by atoms with Crippen LogP contribution in [-0.2, 0) is 17.9 Å². The molecule has 1 aliphatic heterocycles. The standard InChI is InChI=1S/C28H30N8O5.CH4/c1-2-10-29-15-21-31-22(41-35-21)16-40-18-8-6-17(7-9-18)25-24-26(33-32-25)19-4-3-5-20(23(19)27(24)37)30-28(38)34-36-11-13-39-14-12-36;/h3-9,29H,2,10-16H2,1H3,(H,32,33)(H2,30,34,38);1H4. The summed E-state index contributed by atoms with van der Waals surface area (Å²) in [7, 11) is 0. The van der Waals surface area contributed by atoms with Gasteiger partial charge in [0, 0.05) is 24.2 Å². The number of ether oxygens (including phenoxy) is 2. The number of hydrazine groups is 1. The van der Waals surface area contributed by atoms with Crippen molar-refractivity contribution in [2.45, 2.75) is 33.9 Å². The van der Waals surface area contributed by atoms with Crippen molar-refractivity contribution in [2.75, 3.05) is 38.2 Å². The molecule has 1 aliphatic carbocycles. The van der Waals surface area contributed by atoms with Crippen LogP contribution in [0.25, 0.3) is 22.5 Å². The molecule has 0 atom stereocenters. The Labute approximate surface area is 242 Å². The highest BCUT2D eigenvalue weighted by molar-refractivity contribution is 6.26. The van der Waals surface area contributed by atoms with Gasteiger partial charge in [0.05, 0.1) is 42.3 Å². The zero-order valence-corrected chi connectivity index (χ0v) is 22.5. The summed E-state index contributed by atoms with van der Waals surface area (Å²) in [4.78, 5) is 30.6. The molecule has 0 spiro atoms. The number of aromatic nitrogens is 4. The first-order chi connectivity index (χ1) is 20.1. The Hall–Kier alpha value is -4.59. The van der Waals surface area contributed by atoms with Crippen LogP contribution in [0.3, 0.4) is 0 Å². The van der Waals surface area contributed by atoms with E-state index in [1.165, 1.54) is 0 Å². The van der Waals surface area contributed by atoms with E-state index >= 15 is 0 Å². The number of hydrogen-bond donors (Lipinski definition) is 4. The van der Waals surface area contributed by atoms with E-state index in [0.717, 1.165) is 18.5 Å². The number of morpholine rings is 1. The van der Waals surface area contributed by atoms with Crippen LogP contribution in [0, 0.1) is 0 Å². The second-order valence-electron chi connectivity index (χ2n) is 9.64. The van der Waals surface area contributed by atoms with Crippen molar-refractivity contribution in [3.05, 3.63) is 65.3 Å². The summed E-state index contributed by atoms with van der Waals surface area (Å²) < 4.78 is 16.4. The lowest BCUT2D eigenvalue weighted by Gasteiger charge is -2.27. The van der Waals surface area contributed by atoms with Crippen molar-refractivity contribution >= 4 is 17.5 Å². The van der Waals surface area contributed by atoms with Crippen molar-refractivity contribution < 1.29 is 23.6 Å². The summed E-state index contributed by atoms with van der Waals surface area (Å²) in [5.74, 6) is 1.37. The van der Waals surface area contributed by atoms with Crippen molar-refractivity contribution in [3.63, 3.8) is 0 Å². The van der Waals surface area contributed by atoms with Gasteiger partial charge < -0.3 is 24.6 Å². The second kappa shape index (κ2) is 12.9. The maximum Gasteiger partial charge on any atom is 0.333 e. The number of carbonyl (C=O) groups excluding carboxylic acids is 2. The van der Waals surface area contributed by atoms with Gasteiger partial charge in [-0.1, -0.05) is 31.6 Å². The topological polar surface area (TPSA) is 160 Å². The van der Waals surface area contributed by atoms with Crippen LogP contribution < -0.4 is 20.8 Å². The van der Waals surface area contributed by atoms with Gasteiger partial charge in [0.15, 0.2) is 18.2 Å². The molecule has 2 amide bonds. The number of H-pyrrole nitrogens is 1. The van der Waals surface area contributed by atoms with Crippen LogP contribution in [0.1, 0.15) is 48.4 Å². The van der Waals surface area contributed by atoms with Crippen LogP contribution in [-0.4, -0.2) is 70.0 Å². The molecule has 6 rings (SSSR count). The lowest BCUT2D eigenvalue weighted by atomic mass is 10.0. The fraction of sp³-hybridized carbons (Fsp3) is 0.345. The Bertz CT molecular complexity index is 1540. The number of hydrogen-bond acceptors (Lipinski definition) is 10. The quantitative estimate of drug-likeness (QED) is 0.181. The molecule has 2 aliphatic rings. The van der Waals surface area contributed by atoms with Gasteiger partial charge in [-0.15, -0.1) is 0 Å². The number of nitrogens with one attached hydrogen (secondary N) is 4. The number of anilines is 1. The minimum absolute atomic E-state index is 0. The molecule has 4 aromatic rings. The minimum Gasteiger partial charge on any atom is -0.484 e. The van der Waals surface area contributed by atoms with Crippen molar-refractivity contribution in [2.24, 2.45) is 0 Å². The number of amides is 2. The third kappa shape index (κ3) is 6.03. The zero-order chi connectivity index (χ0) is 28.2. The number of ketones is 1. The van der Waals surface area contributed by atoms with Crippen LogP contribution in [0.15, 0.2) is 47.0 Å². The SMILES string of the molecule is C.CCCNCc1noc(COc2ccc(-c3n[nH]c4c3C(=O)c3c(NC(=O)NN5CCOCC5)cccc3-4)cc2)n1. The third-order valence-electron chi connectivity index (χ3n) is 6.78. The Balaban J connectivity index is 0.00000353. The van der Waals surface area contributed by atoms with Gasteiger partial charge in [-0.05, 0) is 43.3 Å². The van der Waals surface area contributed by atoms with Gasteiger partial charge in [-0.3, -0.25) is 15.3 Å². The number of carbonyl (C=O) groups is 2. The van der Waals surface area contributed by atoms with E-state index in [2.05, 4.69) is 43.3 Å². The molecule has 220 valence electrons. The van der Waals surface area contributed by atoms with E-state index in [4.69, 9.17) is 14.0 Å². The monoisotopic (exact) mass is 574 g/mol. The molecule has 4 N–H and O–H groups in total. The Morgan fingerprint density at radius 2 is 1.93 bits per heavy atom. The molecule has 0 radical (unpaired) electrons. The number of urea groups is 1. The average Bonchev–Trinajstić information content (AvgIpc) is 3.70. The summed E-state index contributed by atoms with van der Waals surface area (Å²) in [6.07, 6.45) is 1.03. The molecule has 3 heterocycles. The maximum absolute atomic E-state index is 13.6. The number of aromatic amines is 1. The molecule has 0 bridgehead atoms. The molecule has 1 saturated heterocycles. The van der Waals surface area contributed by atoms with Crippen LogP contribution in [0.2, 0.25) is 0 Å². The van der Waals surface area contributed by atoms with Gasteiger partial charge in [-0.2, -0.15) is 10.1 Å². The summed E-state index contributed by atoms with van der Waals surface area (Å²) in [6, 6.07) is 12.2. The fourth-order valence-corrected chi connectivity index (χ4v) is 4.82. The van der Waals surface area contributed by atoms with E-state index in [1.807, 2.05) is 18.2 Å². The van der Waals surface area contributed by atoms with Gasteiger partial charge in [0.2, 0.25) is 0 Å². The number of rotatable bonds is 10. The molecule has 0 saturated carbocycles. The van der Waals surface area contributed by atoms with Crippen LogP contribution in [0.4, 0.5) is 10.5 Å². The van der Waals surface area contributed by atoms with E-state index in [0.29, 0.717) is 84.1 Å². The maximum atomic E-state index is 13.6. The van der Waals surface area contributed by atoms with Crippen LogP contribution >= 0.6 is 0 Å². The van der Waals surface area contributed by atoms with Crippen molar-refractivity contribution in [3.8, 4) is 28.3 Å². The number of fused-ring (bicyclic) bond motifs is 3. The number of nitrogens with zero attached hydrogens (tertiary/aromatic N) is 4. The van der Waals surface area contributed by atoms with Gasteiger partial charge in [0.25, 0.3) is 5.89 Å². The minimum atomic E-state index is -0.414. The molecular formula is C29H34N8O5. The van der Waals surface area contributed by atoms with E-state index in [9.17, 15) is 9.59 Å². The van der Waals surface area contributed by atoms with Gasteiger partial charge in [0.1, 0.15) is 11.4 Å². The van der Waals surface area contributed by atoms with Crippen molar-refractivity contribution in [1.82, 2.24) is 36.1 Å². The van der Waals surface area contributed by atoms with Crippen molar-refractivity contribution in [1.29, 1.82) is 0 Å². The number of benzene rings is 2. The highest BCUT2D eigenvalue weighted by Gasteiger charge is 2.35. The predicted molar refractivity (Wildman–Crippen MR) is 155 cm³/mol. The first-order valence-electron chi connectivity index (χ1n) is 13.5. The second-order valence-corrected chi connectivity index (χ2v) is 9.64. The van der Waals surface area contributed by atoms with E-state index in [-0.39, 0.29) is 19.8 Å². The zero-order valence-electron chi connectivity index (χ0n) is 22.5. The highest BCUT2D eigenvalue weighted by Crippen LogP contribution is 2.43. The average molecular weight is 575 g/mol. The fourth-order valence-electron chi connectivity index (χ4n) is 4.82. The normalized spacial score (nSPS) is 14.2. The Morgan fingerprint density at radius 3 is 2.71 bits per heavy atom. The highest BCUT2D eigenvalue weighted by atomic mass is 16.5. The van der Waals surface area contributed by atoms with Gasteiger partial charge >= 0.3 is 6.03 Å². The molecule has 13 nitrogen and oxygen atoms in total. The molecule has 13 heteroatoms. The summed E-state index contributed by atoms with van der Waals surface area (Å²) in [5, 5.41) is 19.2. The molecular weight excluding hydrogens is 540 g/mol. The Morgan fingerprint density at radius 1 is 1.12 bits per heavy atom. The lowest BCUT2D eigenvalue weighted by molar-refractivity contribution is 0.0207. The summed E-state index contributed by atoms with van der Waals surface area (Å²) >= 11 is 0. The lowest BCUT2D eigenvalue weighted by Crippen LogP contribution is -2.49. The smallest absolute Gasteiger partial charge is 0.333 e.